The first kappa shape index (κ1) is 17.9. The molecule has 0 heterocycles. The van der Waals surface area contributed by atoms with Crippen LogP contribution < -0.4 is 5.32 Å². The van der Waals surface area contributed by atoms with Crippen molar-refractivity contribution in [2.45, 2.75) is 56.6 Å². The lowest BCUT2D eigenvalue weighted by atomic mass is 9.86. The summed E-state index contributed by atoms with van der Waals surface area (Å²) < 4.78 is 5.24. The summed E-state index contributed by atoms with van der Waals surface area (Å²) >= 11 is 1.41. The van der Waals surface area contributed by atoms with Crippen molar-refractivity contribution in [3.63, 3.8) is 0 Å². The lowest BCUT2D eigenvalue weighted by molar-refractivity contribution is -0.152. The van der Waals surface area contributed by atoms with E-state index in [0.29, 0.717) is 5.92 Å². The van der Waals surface area contributed by atoms with Crippen LogP contribution in [0.15, 0.2) is 35.2 Å². The Bertz CT molecular complexity index is 520. The van der Waals surface area contributed by atoms with Gasteiger partial charge < -0.3 is 10.1 Å². The quantitative estimate of drug-likeness (QED) is 0.639. The van der Waals surface area contributed by atoms with Crippen molar-refractivity contribution < 1.29 is 14.3 Å². The smallest absolute Gasteiger partial charge is 0.317 e. The van der Waals surface area contributed by atoms with Crippen LogP contribution in [0.25, 0.3) is 0 Å². The third-order valence-corrected chi connectivity index (χ3v) is 5.20. The van der Waals surface area contributed by atoms with Crippen molar-refractivity contribution in [3.05, 3.63) is 30.3 Å². The van der Waals surface area contributed by atoms with Crippen molar-refractivity contribution in [3.8, 4) is 0 Å². The fourth-order valence-electron chi connectivity index (χ4n) is 2.77. The maximum atomic E-state index is 12.2. The van der Waals surface area contributed by atoms with Crippen LogP contribution in [0, 0.1) is 5.92 Å². The van der Waals surface area contributed by atoms with Gasteiger partial charge in [-0.3, -0.25) is 9.59 Å². The molecule has 0 bridgehead atoms. The molecule has 1 fully saturated rings. The van der Waals surface area contributed by atoms with Gasteiger partial charge in [0.15, 0.2) is 6.10 Å². The molecule has 0 spiro atoms. The summed E-state index contributed by atoms with van der Waals surface area (Å²) in [4.78, 5) is 25.0. The maximum absolute atomic E-state index is 12.2. The van der Waals surface area contributed by atoms with Crippen LogP contribution in [0.3, 0.4) is 0 Å². The van der Waals surface area contributed by atoms with Gasteiger partial charge >= 0.3 is 5.97 Å². The molecule has 1 amide bonds. The maximum Gasteiger partial charge on any atom is 0.317 e. The molecule has 4 nitrogen and oxygen atoms in total. The second-order valence-corrected chi connectivity index (χ2v) is 7.16. The second-order valence-electron chi connectivity index (χ2n) is 6.11. The van der Waals surface area contributed by atoms with Crippen LogP contribution >= 0.6 is 11.8 Å². The van der Waals surface area contributed by atoms with Gasteiger partial charge in [0, 0.05) is 10.9 Å². The Kier molecular flexibility index (Phi) is 6.96. The van der Waals surface area contributed by atoms with Gasteiger partial charge in [-0.25, -0.2) is 0 Å². The summed E-state index contributed by atoms with van der Waals surface area (Å²) in [7, 11) is 0. The van der Waals surface area contributed by atoms with Crippen molar-refractivity contribution in [1.29, 1.82) is 0 Å². The predicted octanol–water partition coefficient (Wildman–Crippen LogP) is 3.41. The van der Waals surface area contributed by atoms with Gasteiger partial charge in [0.25, 0.3) is 5.91 Å². The summed E-state index contributed by atoms with van der Waals surface area (Å²) in [5, 5.41) is 3.02. The van der Waals surface area contributed by atoms with E-state index in [-0.39, 0.29) is 23.7 Å². The second kappa shape index (κ2) is 8.96. The summed E-state index contributed by atoms with van der Waals surface area (Å²) in [6.07, 6.45) is 3.80. The van der Waals surface area contributed by atoms with E-state index in [1.807, 2.05) is 30.3 Å². The third-order valence-electron chi connectivity index (χ3n) is 4.22. The first-order valence-electron chi connectivity index (χ1n) is 8.24. The van der Waals surface area contributed by atoms with Crippen LogP contribution in [0.4, 0.5) is 0 Å². The van der Waals surface area contributed by atoms with Crippen LogP contribution in [-0.4, -0.2) is 29.8 Å². The van der Waals surface area contributed by atoms with Gasteiger partial charge in [-0.1, -0.05) is 38.0 Å². The molecule has 0 radical (unpaired) electrons. The molecule has 1 aromatic rings. The van der Waals surface area contributed by atoms with Gasteiger partial charge in [-0.15, -0.1) is 11.8 Å². The van der Waals surface area contributed by atoms with E-state index in [0.717, 1.165) is 24.2 Å². The summed E-state index contributed by atoms with van der Waals surface area (Å²) in [6, 6.07) is 9.87. The average Bonchev–Trinajstić information content (AvgIpc) is 2.56. The monoisotopic (exact) mass is 335 g/mol. The van der Waals surface area contributed by atoms with Gasteiger partial charge in [0.05, 0.1) is 5.75 Å². The molecular formula is C18H25NO3S. The SMILES string of the molecule is C[C@H](OC(=O)CSc1ccccc1)C(=O)N[C@H]1CCCC[C@H]1C. The molecule has 0 aromatic heterocycles. The zero-order valence-electron chi connectivity index (χ0n) is 13.8. The molecule has 1 aliphatic carbocycles. The summed E-state index contributed by atoms with van der Waals surface area (Å²) in [5.74, 6) is 0.144. The Balaban J connectivity index is 1.73. The highest BCUT2D eigenvalue weighted by Crippen LogP contribution is 2.24. The minimum Gasteiger partial charge on any atom is -0.452 e. The third kappa shape index (κ3) is 5.90. The zero-order chi connectivity index (χ0) is 16.7. The topological polar surface area (TPSA) is 55.4 Å². The van der Waals surface area contributed by atoms with Crippen LogP contribution in [-0.2, 0) is 14.3 Å². The lowest BCUT2D eigenvalue weighted by Gasteiger charge is -2.30. The molecule has 1 aliphatic rings. The molecule has 0 saturated heterocycles. The number of hydrogen-bond acceptors (Lipinski definition) is 4. The molecule has 3 atom stereocenters. The minimum atomic E-state index is -0.743. The van der Waals surface area contributed by atoms with Crippen molar-refractivity contribution in [1.82, 2.24) is 5.32 Å². The standard InChI is InChI=1S/C18H25NO3S/c1-13-8-6-7-11-16(13)19-18(21)14(2)22-17(20)12-23-15-9-4-3-5-10-15/h3-5,9-10,13-14,16H,6-8,11-12H2,1-2H3,(H,19,21)/t13-,14+,16+/m1/s1. The number of nitrogens with one attached hydrogen (secondary N) is 1. The highest BCUT2D eigenvalue weighted by atomic mass is 32.2. The Hall–Kier alpha value is -1.49. The van der Waals surface area contributed by atoms with Gasteiger partial charge in [0.1, 0.15) is 0 Å². The number of carbonyl (C=O) groups is 2. The number of carbonyl (C=O) groups excluding carboxylic acids is 2. The van der Waals surface area contributed by atoms with E-state index >= 15 is 0 Å². The van der Waals surface area contributed by atoms with E-state index in [1.54, 1.807) is 6.92 Å². The summed E-state index contributed by atoms with van der Waals surface area (Å²) in [5.41, 5.74) is 0. The zero-order valence-corrected chi connectivity index (χ0v) is 14.6. The molecule has 1 aromatic carbocycles. The number of hydrogen-bond donors (Lipinski definition) is 1. The van der Waals surface area contributed by atoms with Crippen molar-refractivity contribution in [2.24, 2.45) is 5.92 Å². The number of benzene rings is 1. The lowest BCUT2D eigenvalue weighted by Crippen LogP contribution is -2.46. The Morgan fingerprint density at radius 2 is 1.96 bits per heavy atom. The number of rotatable bonds is 6. The molecule has 1 saturated carbocycles. The van der Waals surface area contributed by atoms with Crippen LogP contribution in [0.1, 0.15) is 39.5 Å². The Morgan fingerprint density at radius 3 is 2.65 bits per heavy atom. The molecule has 126 valence electrons. The Morgan fingerprint density at radius 1 is 1.26 bits per heavy atom. The Labute approximate surface area is 142 Å². The van der Waals surface area contributed by atoms with E-state index in [1.165, 1.54) is 18.2 Å². The highest BCUT2D eigenvalue weighted by Gasteiger charge is 2.26. The van der Waals surface area contributed by atoms with Crippen molar-refractivity contribution >= 4 is 23.6 Å². The van der Waals surface area contributed by atoms with E-state index in [2.05, 4.69) is 12.2 Å². The summed E-state index contributed by atoms with van der Waals surface area (Å²) in [6.45, 7) is 3.80. The van der Waals surface area contributed by atoms with Gasteiger partial charge in [-0.2, -0.15) is 0 Å². The fourth-order valence-corrected chi connectivity index (χ4v) is 3.48. The molecular weight excluding hydrogens is 310 g/mol. The van der Waals surface area contributed by atoms with E-state index in [9.17, 15) is 9.59 Å². The number of amides is 1. The van der Waals surface area contributed by atoms with E-state index < -0.39 is 6.10 Å². The average molecular weight is 335 g/mol. The van der Waals surface area contributed by atoms with Crippen LogP contribution in [0.2, 0.25) is 0 Å². The molecule has 1 N–H and O–H groups in total. The normalized spacial score (nSPS) is 22.2. The van der Waals surface area contributed by atoms with Gasteiger partial charge in [-0.05, 0) is 37.8 Å². The number of thioether (sulfide) groups is 1. The van der Waals surface area contributed by atoms with E-state index in [4.69, 9.17) is 4.74 Å². The van der Waals surface area contributed by atoms with Gasteiger partial charge in [0.2, 0.25) is 0 Å². The first-order chi connectivity index (χ1) is 11.1. The largest absolute Gasteiger partial charge is 0.452 e. The highest BCUT2D eigenvalue weighted by molar-refractivity contribution is 8.00. The molecule has 23 heavy (non-hydrogen) atoms. The number of esters is 1. The molecule has 2 rings (SSSR count). The first-order valence-corrected chi connectivity index (χ1v) is 9.22. The molecule has 0 unspecified atom stereocenters. The van der Waals surface area contributed by atoms with Crippen LogP contribution in [0.5, 0.6) is 0 Å². The predicted molar refractivity (Wildman–Crippen MR) is 92.3 cm³/mol. The fraction of sp³-hybridized carbons (Fsp3) is 0.556. The van der Waals surface area contributed by atoms with Crippen molar-refractivity contribution in [2.75, 3.05) is 5.75 Å². The molecule has 5 heteroatoms. The number of ether oxygens (including phenoxy) is 1. The molecule has 0 aliphatic heterocycles. The minimum absolute atomic E-state index is 0.193.